The fraction of sp³-hybridized carbons (Fsp3) is 0.294. The summed E-state index contributed by atoms with van der Waals surface area (Å²) in [6.45, 7) is 4.02. The van der Waals surface area contributed by atoms with Crippen molar-refractivity contribution in [2.24, 2.45) is 5.73 Å². The van der Waals surface area contributed by atoms with Gasteiger partial charge in [0.25, 0.3) is 0 Å². The lowest BCUT2D eigenvalue weighted by Crippen LogP contribution is -2.33. The van der Waals surface area contributed by atoms with Gasteiger partial charge in [0.1, 0.15) is 0 Å². The lowest BCUT2D eigenvalue weighted by Gasteiger charge is -2.18. The van der Waals surface area contributed by atoms with E-state index in [-0.39, 0.29) is 12.4 Å². The lowest BCUT2D eigenvalue weighted by atomic mass is 9.97. The smallest absolute Gasteiger partial charge is 0.246 e. The topological polar surface area (TPSA) is 64.9 Å². The molecule has 0 aliphatic carbocycles. The van der Waals surface area contributed by atoms with E-state index in [4.69, 9.17) is 10.3 Å². The predicted molar refractivity (Wildman–Crippen MR) is 90.9 cm³/mol. The van der Waals surface area contributed by atoms with Crippen LogP contribution < -0.4 is 5.73 Å². The Morgan fingerprint density at radius 1 is 1.14 bits per heavy atom. The maximum Gasteiger partial charge on any atom is 0.246 e. The monoisotopic (exact) mass is 317 g/mol. The third-order valence-corrected chi connectivity index (χ3v) is 3.71. The molecule has 4 nitrogen and oxygen atoms in total. The second kappa shape index (κ2) is 6.46. The average molecular weight is 318 g/mol. The van der Waals surface area contributed by atoms with Gasteiger partial charge in [0.2, 0.25) is 11.7 Å². The van der Waals surface area contributed by atoms with E-state index in [1.807, 2.05) is 31.2 Å². The summed E-state index contributed by atoms with van der Waals surface area (Å²) in [5.41, 5.74) is 6.65. The summed E-state index contributed by atoms with van der Waals surface area (Å²) in [4.78, 5) is 4.52. The maximum absolute atomic E-state index is 6.26. The molecule has 0 aliphatic heterocycles. The Morgan fingerprint density at radius 3 is 2.64 bits per heavy atom. The van der Waals surface area contributed by atoms with Gasteiger partial charge in [-0.15, -0.1) is 12.4 Å². The number of nitrogens with two attached hydrogens (primary N) is 1. The highest BCUT2D eigenvalue weighted by molar-refractivity contribution is 5.94. The zero-order chi connectivity index (χ0) is 14.9. The lowest BCUT2D eigenvalue weighted by molar-refractivity contribution is 0.284. The molecule has 5 heteroatoms. The minimum atomic E-state index is -0.579. The van der Waals surface area contributed by atoms with Crippen LogP contribution in [0.4, 0.5) is 0 Å². The molecule has 0 saturated heterocycles. The van der Waals surface area contributed by atoms with E-state index >= 15 is 0 Å². The minimum Gasteiger partial charge on any atom is -0.337 e. The summed E-state index contributed by atoms with van der Waals surface area (Å²) < 4.78 is 5.40. The molecule has 3 aromatic rings. The number of hydrogen-bond donors (Lipinski definition) is 1. The van der Waals surface area contributed by atoms with E-state index in [0.29, 0.717) is 11.7 Å². The number of halogens is 1. The Labute approximate surface area is 136 Å². The first-order chi connectivity index (χ1) is 10.1. The molecular weight excluding hydrogens is 298 g/mol. The van der Waals surface area contributed by atoms with Gasteiger partial charge in [-0.3, -0.25) is 0 Å². The van der Waals surface area contributed by atoms with Crippen LogP contribution in [-0.4, -0.2) is 10.1 Å². The van der Waals surface area contributed by atoms with Crippen molar-refractivity contribution in [3.05, 3.63) is 48.4 Å². The molecule has 1 heterocycles. The van der Waals surface area contributed by atoms with Gasteiger partial charge in [-0.05, 0) is 24.1 Å². The summed E-state index contributed by atoms with van der Waals surface area (Å²) in [7, 11) is 0. The zero-order valence-electron chi connectivity index (χ0n) is 12.7. The number of nitrogens with zero attached hydrogens (tertiary/aromatic N) is 2. The van der Waals surface area contributed by atoms with Gasteiger partial charge in [-0.2, -0.15) is 4.98 Å². The molecular formula is C17H20ClN3O. The zero-order valence-corrected chi connectivity index (χ0v) is 13.6. The van der Waals surface area contributed by atoms with Crippen molar-refractivity contribution in [1.29, 1.82) is 0 Å². The van der Waals surface area contributed by atoms with Gasteiger partial charge in [-0.1, -0.05) is 61.0 Å². The average Bonchev–Trinajstić information content (AvgIpc) is 2.97. The second-order valence-corrected chi connectivity index (χ2v) is 5.62. The van der Waals surface area contributed by atoms with Crippen LogP contribution in [0.5, 0.6) is 0 Å². The molecule has 0 fully saturated rings. The van der Waals surface area contributed by atoms with E-state index in [0.717, 1.165) is 29.2 Å². The van der Waals surface area contributed by atoms with Crippen LogP contribution in [0.15, 0.2) is 47.0 Å². The van der Waals surface area contributed by atoms with E-state index in [1.165, 1.54) is 0 Å². The summed E-state index contributed by atoms with van der Waals surface area (Å²) in [6, 6.07) is 14.2. The molecule has 0 amide bonds. The van der Waals surface area contributed by atoms with Crippen LogP contribution in [0.1, 0.15) is 32.6 Å². The molecule has 0 bridgehead atoms. The first kappa shape index (κ1) is 16.5. The van der Waals surface area contributed by atoms with Gasteiger partial charge < -0.3 is 10.3 Å². The van der Waals surface area contributed by atoms with Gasteiger partial charge in [0, 0.05) is 5.56 Å². The molecule has 0 spiro atoms. The number of fused-ring (bicyclic) bond motifs is 1. The summed E-state index contributed by atoms with van der Waals surface area (Å²) in [5.74, 6) is 1.09. The molecule has 0 aliphatic rings. The van der Waals surface area contributed by atoms with Crippen molar-refractivity contribution >= 4 is 23.2 Å². The van der Waals surface area contributed by atoms with E-state index < -0.39 is 5.54 Å². The summed E-state index contributed by atoms with van der Waals surface area (Å²) >= 11 is 0. The molecule has 1 atom stereocenters. The quantitative estimate of drug-likeness (QED) is 0.779. The van der Waals surface area contributed by atoms with Crippen molar-refractivity contribution in [1.82, 2.24) is 10.1 Å². The van der Waals surface area contributed by atoms with E-state index in [9.17, 15) is 0 Å². The third-order valence-electron chi connectivity index (χ3n) is 3.71. The Balaban J connectivity index is 0.00000176. The predicted octanol–water partition coefficient (Wildman–Crippen LogP) is 4.29. The molecule has 2 aromatic carbocycles. The van der Waals surface area contributed by atoms with E-state index in [1.54, 1.807) is 0 Å². The first-order valence-corrected chi connectivity index (χ1v) is 7.23. The molecule has 116 valence electrons. The fourth-order valence-electron chi connectivity index (χ4n) is 2.61. The Bertz CT molecular complexity index is 762. The number of hydrogen-bond acceptors (Lipinski definition) is 4. The minimum absolute atomic E-state index is 0. The van der Waals surface area contributed by atoms with Gasteiger partial charge in [0.05, 0.1) is 5.54 Å². The van der Waals surface area contributed by atoms with Crippen molar-refractivity contribution in [2.45, 2.75) is 32.2 Å². The number of benzene rings is 2. The van der Waals surface area contributed by atoms with Crippen molar-refractivity contribution in [2.75, 3.05) is 0 Å². The maximum atomic E-state index is 6.26. The molecule has 0 radical (unpaired) electrons. The van der Waals surface area contributed by atoms with Crippen LogP contribution in [0.2, 0.25) is 0 Å². The van der Waals surface area contributed by atoms with Gasteiger partial charge in [-0.25, -0.2) is 0 Å². The van der Waals surface area contributed by atoms with Crippen LogP contribution in [0, 0.1) is 0 Å². The normalized spacial score (nSPS) is 13.6. The Hall–Kier alpha value is -1.91. The SMILES string of the molecule is CCCC(C)(N)c1nc(-c2cccc3ccccc23)no1.Cl. The van der Waals surface area contributed by atoms with Crippen LogP contribution in [0.3, 0.4) is 0 Å². The molecule has 3 rings (SSSR count). The molecule has 1 unspecified atom stereocenters. The van der Waals surface area contributed by atoms with Crippen molar-refractivity contribution in [3.8, 4) is 11.4 Å². The highest BCUT2D eigenvalue weighted by Gasteiger charge is 2.27. The molecule has 2 N–H and O–H groups in total. The van der Waals surface area contributed by atoms with Gasteiger partial charge >= 0.3 is 0 Å². The molecule has 0 saturated carbocycles. The van der Waals surface area contributed by atoms with Crippen LogP contribution in [-0.2, 0) is 5.54 Å². The molecule has 1 aromatic heterocycles. The molecule has 22 heavy (non-hydrogen) atoms. The van der Waals surface area contributed by atoms with Crippen LogP contribution in [0.25, 0.3) is 22.2 Å². The standard InChI is InChI=1S/C17H19N3O.ClH/c1-3-11-17(2,18)16-19-15(20-21-16)14-10-6-8-12-7-4-5-9-13(12)14;/h4-10H,3,11,18H2,1-2H3;1H. The third kappa shape index (κ3) is 2.98. The van der Waals surface area contributed by atoms with Crippen LogP contribution >= 0.6 is 12.4 Å². The summed E-state index contributed by atoms with van der Waals surface area (Å²) in [6.07, 6.45) is 1.78. The first-order valence-electron chi connectivity index (χ1n) is 7.23. The highest BCUT2D eigenvalue weighted by atomic mass is 35.5. The van der Waals surface area contributed by atoms with E-state index in [2.05, 4.69) is 35.3 Å². The second-order valence-electron chi connectivity index (χ2n) is 5.62. The number of rotatable bonds is 4. The fourth-order valence-corrected chi connectivity index (χ4v) is 2.61. The van der Waals surface area contributed by atoms with Crippen molar-refractivity contribution < 1.29 is 4.52 Å². The summed E-state index contributed by atoms with van der Waals surface area (Å²) in [5, 5.41) is 6.39. The van der Waals surface area contributed by atoms with Crippen molar-refractivity contribution in [3.63, 3.8) is 0 Å². The largest absolute Gasteiger partial charge is 0.337 e. The number of aromatic nitrogens is 2. The highest BCUT2D eigenvalue weighted by Crippen LogP contribution is 2.29. The Morgan fingerprint density at radius 2 is 1.86 bits per heavy atom. The Kier molecular flexibility index (Phi) is 4.84. The van der Waals surface area contributed by atoms with Gasteiger partial charge in [0.15, 0.2) is 0 Å².